The third-order valence-corrected chi connectivity index (χ3v) is 1.90. The van der Waals surface area contributed by atoms with Gasteiger partial charge in [-0.3, -0.25) is 0 Å². The van der Waals surface area contributed by atoms with Crippen LogP contribution < -0.4 is 0 Å². The van der Waals surface area contributed by atoms with Crippen LogP contribution in [0.1, 0.15) is 32.6 Å². The zero-order chi connectivity index (χ0) is 10.1. The molecule has 0 aliphatic heterocycles. The third-order valence-electron chi connectivity index (χ3n) is 1.90. The predicted octanol–water partition coefficient (Wildman–Crippen LogP) is 3.41. The van der Waals surface area contributed by atoms with E-state index >= 15 is 0 Å². The topological polar surface area (TPSA) is 58.0 Å². The highest BCUT2D eigenvalue weighted by atomic mass is 16.5. The Bertz CT molecular complexity index is 197. The van der Waals surface area contributed by atoms with Crippen molar-refractivity contribution in [2.75, 3.05) is 7.11 Å². The van der Waals surface area contributed by atoms with Crippen LogP contribution in [0.5, 0.6) is 0 Å². The molecule has 0 aromatic heterocycles. The minimum Gasteiger partial charge on any atom is -0.377 e. The van der Waals surface area contributed by atoms with E-state index in [0.29, 0.717) is 5.70 Å². The molecule has 0 saturated carbocycles. The van der Waals surface area contributed by atoms with Crippen LogP contribution in [0.2, 0.25) is 0 Å². The molecule has 13 heavy (non-hydrogen) atoms. The minimum atomic E-state index is -0.123. The van der Waals surface area contributed by atoms with Crippen molar-refractivity contribution >= 4 is 0 Å². The van der Waals surface area contributed by atoms with Gasteiger partial charge in [-0.15, -0.1) is 0 Å². The molecule has 1 atom stereocenters. The Kier molecular flexibility index (Phi) is 7.07. The molecule has 0 rings (SSSR count). The van der Waals surface area contributed by atoms with Crippen molar-refractivity contribution < 1.29 is 4.74 Å². The first-order chi connectivity index (χ1) is 6.26. The number of nitrogens with zero attached hydrogens (tertiary/aromatic N) is 3. The molecule has 0 aromatic rings. The zero-order valence-electron chi connectivity index (χ0n) is 8.36. The monoisotopic (exact) mass is 183 g/mol. The van der Waals surface area contributed by atoms with Gasteiger partial charge in [-0.05, 0) is 12.0 Å². The van der Waals surface area contributed by atoms with Crippen molar-refractivity contribution in [3.8, 4) is 0 Å². The lowest BCUT2D eigenvalue weighted by Crippen LogP contribution is -2.11. The Balaban J connectivity index is 3.87. The van der Waals surface area contributed by atoms with Crippen LogP contribution in [0, 0.1) is 0 Å². The standard InChI is InChI=1S/C9H17N3O/c1-4-5-6-7-9(13-3)8(2)11-12-10/h9H,2,4-7H2,1,3H3. The van der Waals surface area contributed by atoms with Gasteiger partial charge in [-0.2, -0.15) is 0 Å². The normalized spacial score (nSPS) is 11.8. The highest BCUT2D eigenvalue weighted by molar-refractivity contribution is 4.99. The van der Waals surface area contributed by atoms with E-state index in [2.05, 4.69) is 23.5 Å². The van der Waals surface area contributed by atoms with Crippen LogP contribution in [-0.4, -0.2) is 13.2 Å². The quantitative estimate of drug-likeness (QED) is 0.258. The van der Waals surface area contributed by atoms with Gasteiger partial charge in [0.15, 0.2) is 0 Å². The lowest BCUT2D eigenvalue weighted by atomic mass is 10.1. The van der Waals surface area contributed by atoms with Gasteiger partial charge in [0.2, 0.25) is 0 Å². The number of rotatable bonds is 7. The number of hydrogen-bond acceptors (Lipinski definition) is 2. The van der Waals surface area contributed by atoms with E-state index in [0.717, 1.165) is 12.8 Å². The maximum absolute atomic E-state index is 8.19. The Morgan fingerprint density at radius 1 is 1.62 bits per heavy atom. The molecule has 0 aromatic carbocycles. The number of hydrogen-bond donors (Lipinski definition) is 0. The van der Waals surface area contributed by atoms with E-state index < -0.39 is 0 Å². The average molecular weight is 183 g/mol. The van der Waals surface area contributed by atoms with Gasteiger partial charge < -0.3 is 4.74 Å². The molecule has 4 heteroatoms. The van der Waals surface area contributed by atoms with Crippen LogP contribution in [-0.2, 0) is 4.74 Å². The first kappa shape index (κ1) is 12.0. The summed E-state index contributed by atoms with van der Waals surface area (Å²) in [5.41, 5.74) is 8.67. The number of methoxy groups -OCH3 is 1. The maximum atomic E-state index is 8.19. The van der Waals surface area contributed by atoms with Gasteiger partial charge in [-0.25, -0.2) is 0 Å². The zero-order valence-corrected chi connectivity index (χ0v) is 8.36. The molecular weight excluding hydrogens is 166 g/mol. The highest BCUT2D eigenvalue weighted by Gasteiger charge is 2.08. The molecule has 0 spiro atoms. The van der Waals surface area contributed by atoms with E-state index in [9.17, 15) is 0 Å². The predicted molar refractivity (Wildman–Crippen MR) is 53.2 cm³/mol. The fourth-order valence-electron chi connectivity index (χ4n) is 1.12. The minimum absolute atomic E-state index is 0.123. The summed E-state index contributed by atoms with van der Waals surface area (Å²) in [5, 5.41) is 3.44. The summed E-state index contributed by atoms with van der Waals surface area (Å²) in [6, 6.07) is 0. The molecule has 74 valence electrons. The third kappa shape index (κ3) is 5.28. The van der Waals surface area contributed by atoms with E-state index in [1.807, 2.05) is 0 Å². The molecular formula is C9H17N3O. The van der Waals surface area contributed by atoms with Crippen LogP contribution in [0.3, 0.4) is 0 Å². The van der Waals surface area contributed by atoms with Gasteiger partial charge in [0.25, 0.3) is 0 Å². The molecule has 0 heterocycles. The maximum Gasteiger partial charge on any atom is 0.0840 e. The van der Waals surface area contributed by atoms with Crippen molar-refractivity contribution in [2.45, 2.75) is 38.7 Å². The Morgan fingerprint density at radius 2 is 2.31 bits per heavy atom. The molecule has 0 radical (unpaired) electrons. The lowest BCUT2D eigenvalue weighted by molar-refractivity contribution is 0.121. The summed E-state index contributed by atoms with van der Waals surface area (Å²) in [6.07, 6.45) is 4.17. The van der Waals surface area contributed by atoms with E-state index in [1.165, 1.54) is 12.8 Å². The van der Waals surface area contributed by atoms with Crippen molar-refractivity contribution in [3.63, 3.8) is 0 Å². The van der Waals surface area contributed by atoms with Crippen LogP contribution >= 0.6 is 0 Å². The second-order valence-corrected chi connectivity index (χ2v) is 2.90. The van der Waals surface area contributed by atoms with Crippen molar-refractivity contribution in [1.82, 2.24) is 0 Å². The van der Waals surface area contributed by atoms with Crippen LogP contribution in [0.25, 0.3) is 10.4 Å². The molecule has 0 aliphatic carbocycles. The summed E-state index contributed by atoms with van der Waals surface area (Å²) in [7, 11) is 1.61. The number of unbranched alkanes of at least 4 members (excludes halogenated alkanes) is 2. The second kappa shape index (κ2) is 7.65. The highest BCUT2D eigenvalue weighted by Crippen LogP contribution is 2.13. The lowest BCUT2D eigenvalue weighted by Gasteiger charge is -2.13. The van der Waals surface area contributed by atoms with E-state index in [4.69, 9.17) is 10.3 Å². The van der Waals surface area contributed by atoms with Crippen LogP contribution in [0.15, 0.2) is 17.4 Å². The fourth-order valence-corrected chi connectivity index (χ4v) is 1.12. The molecule has 0 fully saturated rings. The Hall–Kier alpha value is -0.990. The van der Waals surface area contributed by atoms with E-state index in [1.54, 1.807) is 7.11 Å². The van der Waals surface area contributed by atoms with Gasteiger partial charge in [0, 0.05) is 17.7 Å². The molecule has 4 nitrogen and oxygen atoms in total. The summed E-state index contributed by atoms with van der Waals surface area (Å²) < 4.78 is 5.15. The first-order valence-electron chi connectivity index (χ1n) is 4.53. The summed E-state index contributed by atoms with van der Waals surface area (Å²) in [4.78, 5) is 2.68. The molecule has 0 aliphatic rings. The van der Waals surface area contributed by atoms with Crippen molar-refractivity contribution in [2.24, 2.45) is 5.11 Å². The van der Waals surface area contributed by atoms with Gasteiger partial charge in [0.05, 0.1) is 6.10 Å². The van der Waals surface area contributed by atoms with Gasteiger partial charge in [0.1, 0.15) is 0 Å². The Labute approximate surface area is 79.2 Å². The summed E-state index contributed by atoms with van der Waals surface area (Å²) in [5.74, 6) is 0. The Morgan fingerprint density at radius 3 is 2.77 bits per heavy atom. The van der Waals surface area contributed by atoms with Crippen LogP contribution in [0.4, 0.5) is 0 Å². The molecule has 1 unspecified atom stereocenters. The van der Waals surface area contributed by atoms with E-state index in [-0.39, 0.29) is 6.10 Å². The largest absolute Gasteiger partial charge is 0.377 e. The molecule has 0 saturated heterocycles. The molecule has 0 N–H and O–H groups in total. The second-order valence-electron chi connectivity index (χ2n) is 2.90. The average Bonchev–Trinajstić information content (AvgIpc) is 2.13. The van der Waals surface area contributed by atoms with Gasteiger partial charge >= 0.3 is 0 Å². The molecule has 0 bridgehead atoms. The SMILES string of the molecule is C=C(N=[N+]=[N-])C(CCCCC)OC. The smallest absolute Gasteiger partial charge is 0.0840 e. The number of ether oxygens (including phenoxy) is 1. The summed E-state index contributed by atoms with van der Waals surface area (Å²) in [6.45, 7) is 5.79. The van der Waals surface area contributed by atoms with Crippen molar-refractivity contribution in [3.05, 3.63) is 22.7 Å². The molecule has 0 amide bonds. The first-order valence-corrected chi connectivity index (χ1v) is 4.53. The van der Waals surface area contributed by atoms with Crippen molar-refractivity contribution in [1.29, 1.82) is 0 Å². The fraction of sp³-hybridized carbons (Fsp3) is 0.778. The number of azide groups is 1. The van der Waals surface area contributed by atoms with Gasteiger partial charge in [-0.1, -0.05) is 37.9 Å². The summed E-state index contributed by atoms with van der Waals surface area (Å²) >= 11 is 0.